The van der Waals surface area contributed by atoms with E-state index in [0.717, 1.165) is 23.7 Å². The summed E-state index contributed by atoms with van der Waals surface area (Å²) in [5.41, 5.74) is 1.31. The Hall–Kier alpha value is -2.16. The van der Waals surface area contributed by atoms with Gasteiger partial charge in [-0.05, 0) is 43.2 Å². The van der Waals surface area contributed by atoms with Crippen LogP contribution in [0.1, 0.15) is 19.4 Å². The quantitative estimate of drug-likeness (QED) is 0.684. The van der Waals surface area contributed by atoms with Gasteiger partial charge in [0.15, 0.2) is 11.5 Å². The van der Waals surface area contributed by atoms with E-state index in [4.69, 9.17) is 14.2 Å². The number of ether oxygens (including phenoxy) is 3. The smallest absolute Gasteiger partial charge is 0.161 e. The molecule has 2 aromatic carbocycles. The molecule has 3 heteroatoms. The third kappa shape index (κ3) is 4.71. The number of hydrogen-bond donors (Lipinski definition) is 0. The predicted molar refractivity (Wildman–Crippen MR) is 84.4 cm³/mol. The molecule has 0 aliphatic rings. The van der Waals surface area contributed by atoms with Crippen LogP contribution >= 0.6 is 0 Å². The van der Waals surface area contributed by atoms with E-state index >= 15 is 0 Å². The Kier molecular flexibility index (Phi) is 5.95. The van der Waals surface area contributed by atoms with Gasteiger partial charge in [-0.3, -0.25) is 0 Å². The van der Waals surface area contributed by atoms with Crippen molar-refractivity contribution >= 4 is 0 Å². The van der Waals surface area contributed by atoms with E-state index in [1.165, 1.54) is 5.56 Å². The second kappa shape index (κ2) is 8.20. The van der Waals surface area contributed by atoms with Gasteiger partial charge in [-0.25, -0.2) is 0 Å². The van der Waals surface area contributed by atoms with E-state index in [1.807, 2.05) is 43.3 Å². The van der Waals surface area contributed by atoms with Crippen LogP contribution in [0.5, 0.6) is 17.2 Å². The zero-order chi connectivity index (χ0) is 14.9. The summed E-state index contributed by atoms with van der Waals surface area (Å²) in [7, 11) is 0. The molecule has 3 nitrogen and oxygen atoms in total. The molecule has 0 spiro atoms. The Morgan fingerprint density at radius 2 is 1.33 bits per heavy atom. The third-order valence-corrected chi connectivity index (χ3v) is 3.09. The van der Waals surface area contributed by atoms with Crippen molar-refractivity contribution in [3.8, 4) is 17.2 Å². The lowest BCUT2D eigenvalue weighted by molar-refractivity contribution is 0.208. The maximum absolute atomic E-state index is 5.71. The highest BCUT2D eigenvalue weighted by Gasteiger charge is 2.03. The monoisotopic (exact) mass is 286 g/mol. The molecule has 2 rings (SSSR count). The largest absolute Gasteiger partial charge is 0.490 e. The fraction of sp³-hybridized carbons (Fsp3) is 0.333. The molecule has 112 valence electrons. The Labute approximate surface area is 126 Å². The van der Waals surface area contributed by atoms with E-state index < -0.39 is 0 Å². The molecule has 0 atom stereocenters. The predicted octanol–water partition coefficient (Wildman–Crippen LogP) is 4.11. The fourth-order valence-corrected chi connectivity index (χ4v) is 1.98. The highest BCUT2D eigenvalue weighted by molar-refractivity contribution is 5.39. The molecule has 0 aliphatic carbocycles. The molecule has 2 aromatic rings. The van der Waals surface area contributed by atoms with Crippen LogP contribution in [-0.2, 0) is 6.42 Å². The van der Waals surface area contributed by atoms with Gasteiger partial charge in [0.2, 0.25) is 0 Å². The molecule has 0 saturated carbocycles. The average Bonchev–Trinajstić information content (AvgIpc) is 2.54. The van der Waals surface area contributed by atoms with Gasteiger partial charge in [-0.2, -0.15) is 0 Å². The second-order valence-electron chi connectivity index (χ2n) is 4.57. The van der Waals surface area contributed by atoms with Gasteiger partial charge >= 0.3 is 0 Å². The summed E-state index contributed by atoms with van der Waals surface area (Å²) in [6, 6.07) is 15.8. The van der Waals surface area contributed by atoms with Crippen molar-refractivity contribution in [1.82, 2.24) is 0 Å². The van der Waals surface area contributed by atoms with Crippen molar-refractivity contribution in [2.45, 2.75) is 20.3 Å². The van der Waals surface area contributed by atoms with Crippen molar-refractivity contribution in [1.29, 1.82) is 0 Å². The first-order valence-corrected chi connectivity index (χ1v) is 7.39. The number of hydrogen-bond acceptors (Lipinski definition) is 3. The van der Waals surface area contributed by atoms with Gasteiger partial charge in [0.25, 0.3) is 0 Å². The normalized spacial score (nSPS) is 10.2. The van der Waals surface area contributed by atoms with Crippen LogP contribution in [0.15, 0.2) is 48.5 Å². The highest BCUT2D eigenvalue weighted by Crippen LogP contribution is 2.26. The van der Waals surface area contributed by atoms with E-state index in [0.29, 0.717) is 19.8 Å². The summed E-state index contributed by atoms with van der Waals surface area (Å²) >= 11 is 0. The van der Waals surface area contributed by atoms with Gasteiger partial charge in [-0.1, -0.05) is 31.2 Å². The summed E-state index contributed by atoms with van der Waals surface area (Å²) < 4.78 is 16.9. The SMILES string of the molecule is CCOc1ccccc1OCCOc1ccc(CC)cc1. The van der Waals surface area contributed by atoms with E-state index in [9.17, 15) is 0 Å². The van der Waals surface area contributed by atoms with Gasteiger partial charge < -0.3 is 14.2 Å². The number of para-hydroxylation sites is 2. The molecule has 0 fully saturated rings. The van der Waals surface area contributed by atoms with E-state index in [1.54, 1.807) is 0 Å². The lowest BCUT2D eigenvalue weighted by Gasteiger charge is -2.12. The minimum Gasteiger partial charge on any atom is -0.490 e. The van der Waals surface area contributed by atoms with Crippen LogP contribution in [0.2, 0.25) is 0 Å². The third-order valence-electron chi connectivity index (χ3n) is 3.09. The Morgan fingerprint density at radius 3 is 1.95 bits per heavy atom. The lowest BCUT2D eigenvalue weighted by Crippen LogP contribution is -2.09. The molecule has 0 N–H and O–H groups in total. The molecule has 0 amide bonds. The second-order valence-corrected chi connectivity index (χ2v) is 4.57. The van der Waals surface area contributed by atoms with Crippen LogP contribution < -0.4 is 14.2 Å². The Morgan fingerprint density at radius 1 is 0.714 bits per heavy atom. The van der Waals surface area contributed by atoms with Gasteiger partial charge in [0, 0.05) is 0 Å². The standard InChI is InChI=1S/C18H22O3/c1-3-15-9-11-16(12-10-15)20-13-14-21-18-8-6-5-7-17(18)19-4-2/h5-12H,3-4,13-14H2,1-2H3. The maximum Gasteiger partial charge on any atom is 0.161 e. The summed E-state index contributed by atoms with van der Waals surface area (Å²) in [5, 5.41) is 0. The molecular weight excluding hydrogens is 264 g/mol. The first-order valence-electron chi connectivity index (χ1n) is 7.39. The Bertz CT molecular complexity index is 534. The van der Waals surface area contributed by atoms with Crippen LogP contribution in [0.25, 0.3) is 0 Å². The van der Waals surface area contributed by atoms with Gasteiger partial charge in [0.05, 0.1) is 6.61 Å². The van der Waals surface area contributed by atoms with E-state index in [2.05, 4.69) is 19.1 Å². The van der Waals surface area contributed by atoms with Crippen molar-refractivity contribution in [2.75, 3.05) is 19.8 Å². The van der Waals surface area contributed by atoms with Crippen molar-refractivity contribution in [2.24, 2.45) is 0 Å². The average molecular weight is 286 g/mol. The zero-order valence-electron chi connectivity index (χ0n) is 12.7. The van der Waals surface area contributed by atoms with Crippen LogP contribution in [0, 0.1) is 0 Å². The minimum absolute atomic E-state index is 0.486. The number of rotatable bonds is 8. The topological polar surface area (TPSA) is 27.7 Å². The first kappa shape index (κ1) is 15.2. The van der Waals surface area contributed by atoms with Crippen LogP contribution in [0.4, 0.5) is 0 Å². The minimum atomic E-state index is 0.486. The summed E-state index contributed by atoms with van der Waals surface area (Å²) in [5.74, 6) is 2.39. The molecular formula is C18H22O3. The van der Waals surface area contributed by atoms with Gasteiger partial charge in [0.1, 0.15) is 19.0 Å². The molecule has 0 heterocycles. The molecule has 0 saturated heterocycles. The zero-order valence-corrected chi connectivity index (χ0v) is 12.7. The van der Waals surface area contributed by atoms with Crippen LogP contribution in [0.3, 0.4) is 0 Å². The lowest BCUT2D eigenvalue weighted by atomic mass is 10.2. The maximum atomic E-state index is 5.71. The highest BCUT2D eigenvalue weighted by atomic mass is 16.5. The number of aryl methyl sites for hydroxylation is 1. The summed E-state index contributed by atoms with van der Waals surface area (Å²) in [6.45, 7) is 5.71. The molecule has 0 radical (unpaired) electrons. The molecule has 0 unspecified atom stereocenters. The molecule has 0 bridgehead atoms. The van der Waals surface area contributed by atoms with Crippen molar-refractivity contribution < 1.29 is 14.2 Å². The van der Waals surface area contributed by atoms with Crippen molar-refractivity contribution in [3.05, 3.63) is 54.1 Å². The molecule has 21 heavy (non-hydrogen) atoms. The van der Waals surface area contributed by atoms with Gasteiger partial charge in [-0.15, -0.1) is 0 Å². The summed E-state index contributed by atoms with van der Waals surface area (Å²) in [6.07, 6.45) is 1.04. The van der Waals surface area contributed by atoms with Crippen molar-refractivity contribution in [3.63, 3.8) is 0 Å². The number of benzene rings is 2. The summed E-state index contributed by atoms with van der Waals surface area (Å²) in [4.78, 5) is 0. The fourth-order valence-electron chi connectivity index (χ4n) is 1.98. The molecule has 0 aliphatic heterocycles. The molecule has 0 aromatic heterocycles. The van der Waals surface area contributed by atoms with Crippen LogP contribution in [-0.4, -0.2) is 19.8 Å². The first-order chi connectivity index (χ1) is 10.3. The Balaban J connectivity index is 1.79. The van der Waals surface area contributed by atoms with E-state index in [-0.39, 0.29) is 0 Å².